The summed E-state index contributed by atoms with van der Waals surface area (Å²) in [4.78, 5) is 163. The van der Waals surface area contributed by atoms with E-state index >= 15 is 0 Å². The fraction of sp³-hybridized carbons (Fsp3) is 0.553. The second kappa shape index (κ2) is 33.4. The molecule has 0 saturated carbocycles. The van der Waals surface area contributed by atoms with E-state index in [0.29, 0.717) is 5.69 Å². The normalized spacial score (nSPS) is 14.9. The zero-order valence-electron chi connectivity index (χ0n) is 43.6. The second-order valence-corrected chi connectivity index (χ2v) is 19.1. The number of aliphatic carboxylic acids is 2. The molecule has 0 bridgehead atoms. The fourth-order valence-corrected chi connectivity index (χ4v) is 7.33. The lowest BCUT2D eigenvalue weighted by molar-refractivity contribution is -0.143. The van der Waals surface area contributed by atoms with Gasteiger partial charge in [-0.3, -0.25) is 52.7 Å². The van der Waals surface area contributed by atoms with Crippen molar-refractivity contribution < 1.29 is 88.2 Å². The van der Waals surface area contributed by atoms with Crippen molar-refractivity contribution in [2.75, 3.05) is 25.6 Å². The van der Waals surface area contributed by atoms with Crippen molar-refractivity contribution >= 4 is 83.6 Å². The van der Waals surface area contributed by atoms with E-state index in [1.165, 1.54) is 36.8 Å². The van der Waals surface area contributed by atoms with Crippen LogP contribution in [0.3, 0.4) is 0 Å². The molecule has 0 aliphatic carbocycles. The van der Waals surface area contributed by atoms with Crippen LogP contribution in [-0.4, -0.2) is 198 Å². The number of rotatable bonds is 35. The molecule has 32 heteroatoms. The quantitative estimate of drug-likeness (QED) is 0.0285. The number of primary amides is 1. The molecular weight excluding hydrogens is 1070 g/mol. The Morgan fingerprint density at radius 2 is 1.01 bits per heavy atom. The number of aromatic amines is 1. The number of H-pyrrole nitrogens is 1. The van der Waals surface area contributed by atoms with Crippen molar-refractivity contribution in [3.63, 3.8) is 0 Å². The predicted octanol–water partition coefficient (Wildman–Crippen LogP) is -6.98. The van der Waals surface area contributed by atoms with E-state index in [2.05, 4.69) is 65.1 Å². The van der Waals surface area contributed by atoms with Crippen LogP contribution in [0, 0.1) is 11.8 Å². The molecule has 2 aromatic rings. The highest BCUT2D eigenvalue weighted by molar-refractivity contribution is 7.80. The number of phenols is 1. The summed E-state index contributed by atoms with van der Waals surface area (Å²) in [5.74, 6) is -15.3. The molecule has 0 radical (unpaired) electrons. The van der Waals surface area contributed by atoms with Crippen LogP contribution >= 0.6 is 12.6 Å². The van der Waals surface area contributed by atoms with Crippen LogP contribution in [0.25, 0.3) is 0 Å². The Bertz CT molecular complexity index is 2430. The molecule has 0 aliphatic rings. The molecule has 0 unspecified atom stereocenters. The number of amides is 10. The average Bonchev–Trinajstić information content (AvgIpc) is 3.90. The Hall–Kier alpha value is -7.94. The van der Waals surface area contributed by atoms with Crippen molar-refractivity contribution in [2.24, 2.45) is 23.3 Å². The number of phenolic OH excluding ortho intramolecular Hbond substituents is 1. The number of aromatic nitrogens is 2. The maximum Gasteiger partial charge on any atom is 0.326 e. The first-order valence-corrected chi connectivity index (χ1v) is 25.2. The van der Waals surface area contributed by atoms with Crippen molar-refractivity contribution in [2.45, 2.75) is 127 Å². The predicted molar refractivity (Wildman–Crippen MR) is 277 cm³/mol. The molecule has 438 valence electrons. The van der Waals surface area contributed by atoms with E-state index in [4.69, 9.17) is 11.5 Å². The first kappa shape index (κ1) is 67.2. The van der Waals surface area contributed by atoms with Gasteiger partial charge in [0, 0.05) is 36.9 Å². The number of carbonyl (C=O) groups is 12. The average molecular weight is 1140 g/mol. The standard InChI is InChI=1S/C47H71N13O18S/c1-21(2)11-31(47(77)78)56-46(76)37(22(3)4)60-42(72)29(13-24-15-50-20-51-24)54-44(74)33(17-62)59-45(75)34(18-63)58-41(71)30(14-36(66)67)55-40(70)28(12-23-5-7-25(64)8-6-23)53-43(73)32(16-61)57-39(69)27(9-10-35(49)65)52-38(68)26(48)19-79/h5-8,15,20-22,26-34,37,61-64,79H,9-14,16-19,48H2,1-4H3,(H2,49,65)(H,50,51)(H,52,68)(H,53,73)(H,54,74)(H,55,70)(H,56,76)(H,57,69)(H,58,71)(H,59,75)(H,60,72)(H,66,67)(H,77,78)/t26-,27-,28-,29-,30-,31-,32-,33-,34-,37-/m0/s1. The van der Waals surface area contributed by atoms with Gasteiger partial charge in [0.2, 0.25) is 59.1 Å². The van der Waals surface area contributed by atoms with Gasteiger partial charge in [-0.1, -0.05) is 39.8 Å². The minimum atomic E-state index is -2.10. The Kier molecular flexibility index (Phi) is 28.4. The van der Waals surface area contributed by atoms with Gasteiger partial charge >= 0.3 is 11.9 Å². The maximum atomic E-state index is 14.0. The van der Waals surface area contributed by atoms with Crippen LogP contribution in [0.1, 0.15) is 64.6 Å². The summed E-state index contributed by atoms with van der Waals surface area (Å²) in [5.41, 5.74) is 11.4. The van der Waals surface area contributed by atoms with E-state index in [1.807, 2.05) is 5.32 Å². The fourth-order valence-electron chi connectivity index (χ4n) is 7.16. The third-order valence-electron chi connectivity index (χ3n) is 11.5. The van der Waals surface area contributed by atoms with Gasteiger partial charge < -0.3 is 94.9 Å². The molecule has 0 spiro atoms. The van der Waals surface area contributed by atoms with Gasteiger partial charge in [0.05, 0.1) is 38.6 Å². The summed E-state index contributed by atoms with van der Waals surface area (Å²) in [6.07, 6.45) is -0.115. The van der Waals surface area contributed by atoms with Crippen LogP contribution < -0.4 is 59.3 Å². The summed E-state index contributed by atoms with van der Waals surface area (Å²) in [6.45, 7) is 3.11. The maximum absolute atomic E-state index is 14.0. The molecule has 1 aromatic heterocycles. The monoisotopic (exact) mass is 1140 g/mol. The molecule has 0 fully saturated rings. The van der Waals surface area contributed by atoms with Gasteiger partial charge in [-0.05, 0) is 42.4 Å². The Morgan fingerprint density at radius 1 is 0.582 bits per heavy atom. The number of imidazole rings is 1. The van der Waals surface area contributed by atoms with Crippen molar-refractivity contribution in [1.29, 1.82) is 0 Å². The molecule has 20 N–H and O–H groups in total. The van der Waals surface area contributed by atoms with E-state index in [9.17, 15) is 88.2 Å². The lowest BCUT2D eigenvalue weighted by Gasteiger charge is -2.28. The van der Waals surface area contributed by atoms with E-state index in [-0.39, 0.29) is 42.2 Å². The molecule has 1 heterocycles. The second-order valence-electron chi connectivity index (χ2n) is 18.8. The highest BCUT2D eigenvalue weighted by atomic mass is 32.1. The molecule has 2 rings (SSSR count). The van der Waals surface area contributed by atoms with Crippen LogP contribution in [0.4, 0.5) is 0 Å². The number of nitrogens with one attached hydrogen (secondary N) is 10. The lowest BCUT2D eigenvalue weighted by atomic mass is 9.99. The van der Waals surface area contributed by atoms with Crippen molar-refractivity contribution in [1.82, 2.24) is 57.8 Å². The minimum Gasteiger partial charge on any atom is -0.508 e. The first-order chi connectivity index (χ1) is 37.1. The van der Waals surface area contributed by atoms with Gasteiger partial charge in [-0.15, -0.1) is 0 Å². The summed E-state index contributed by atoms with van der Waals surface area (Å²) >= 11 is 3.93. The number of hydrogen-bond donors (Lipinski definition) is 19. The zero-order chi connectivity index (χ0) is 59.7. The highest BCUT2D eigenvalue weighted by Crippen LogP contribution is 2.13. The Balaban J connectivity index is 2.36. The molecular formula is C47H71N13O18S. The van der Waals surface area contributed by atoms with Gasteiger partial charge in [0.25, 0.3) is 0 Å². The molecule has 79 heavy (non-hydrogen) atoms. The largest absolute Gasteiger partial charge is 0.508 e. The first-order valence-electron chi connectivity index (χ1n) is 24.5. The Morgan fingerprint density at radius 3 is 1.44 bits per heavy atom. The summed E-state index contributed by atoms with van der Waals surface area (Å²) < 4.78 is 0. The third kappa shape index (κ3) is 23.3. The van der Waals surface area contributed by atoms with E-state index in [0.717, 1.165) is 0 Å². The van der Waals surface area contributed by atoms with E-state index < -0.39 is 176 Å². The number of benzene rings is 1. The smallest absolute Gasteiger partial charge is 0.326 e. The molecule has 31 nitrogen and oxygen atoms in total. The number of aliphatic hydroxyl groups excluding tert-OH is 3. The van der Waals surface area contributed by atoms with Gasteiger partial charge in [0.15, 0.2) is 0 Å². The van der Waals surface area contributed by atoms with Gasteiger partial charge in [0.1, 0.15) is 60.1 Å². The molecule has 1 aromatic carbocycles. The number of aliphatic hydroxyl groups is 3. The van der Waals surface area contributed by atoms with Crippen LogP contribution in [-0.2, 0) is 70.4 Å². The summed E-state index contributed by atoms with van der Waals surface area (Å²) in [7, 11) is 0. The van der Waals surface area contributed by atoms with Crippen LogP contribution in [0.5, 0.6) is 5.75 Å². The number of carboxylic acid groups (broad SMARTS) is 2. The summed E-state index contributed by atoms with van der Waals surface area (Å²) in [6, 6.07) is -11.5. The van der Waals surface area contributed by atoms with Gasteiger partial charge in [-0.2, -0.15) is 12.6 Å². The topological polar surface area (TPSA) is 515 Å². The van der Waals surface area contributed by atoms with Crippen LogP contribution in [0.15, 0.2) is 36.8 Å². The number of carbonyl (C=O) groups excluding carboxylic acids is 10. The summed E-state index contributed by atoms with van der Waals surface area (Å²) in [5, 5.41) is 80.2. The number of thiol groups is 1. The molecule has 10 amide bonds. The number of nitrogens with zero attached hydrogens (tertiary/aromatic N) is 1. The molecule has 10 atom stereocenters. The molecule has 0 saturated heterocycles. The molecule has 0 aliphatic heterocycles. The van der Waals surface area contributed by atoms with Gasteiger partial charge in [-0.25, -0.2) is 9.78 Å². The van der Waals surface area contributed by atoms with Crippen LogP contribution in [0.2, 0.25) is 0 Å². The number of carboxylic acids is 2. The Labute approximate surface area is 457 Å². The van der Waals surface area contributed by atoms with Crippen molar-refractivity contribution in [3.05, 3.63) is 48.0 Å². The highest BCUT2D eigenvalue weighted by Gasteiger charge is 2.37. The SMILES string of the molecule is CC(C)C[C@H](NC(=O)[C@@H](NC(=O)[C@H](Cc1cnc[nH]1)NC(=O)[C@H](CO)NC(=O)[C@H](CO)NC(=O)[C@H](CC(=O)O)NC(=O)[C@H](Cc1ccc(O)cc1)NC(=O)[C@H](CO)NC(=O)[C@H](CCC(N)=O)NC(=O)[C@@H](N)CS)C(C)C)C(=O)O. The number of aromatic hydroxyl groups is 1. The van der Waals surface area contributed by atoms with Crippen molar-refractivity contribution in [3.8, 4) is 5.75 Å². The zero-order valence-corrected chi connectivity index (χ0v) is 44.5. The lowest BCUT2D eigenvalue weighted by Crippen LogP contribution is -2.62. The van der Waals surface area contributed by atoms with E-state index in [1.54, 1.807) is 27.7 Å². The number of hydrogen-bond acceptors (Lipinski definition) is 19. The number of nitrogens with two attached hydrogens (primary N) is 2. The minimum absolute atomic E-state index is 0.0700. The third-order valence-corrected chi connectivity index (χ3v) is 11.9.